The van der Waals surface area contributed by atoms with Crippen LogP contribution < -0.4 is 0 Å². The van der Waals surface area contributed by atoms with Crippen LogP contribution in [0.15, 0.2) is 24.3 Å². The van der Waals surface area contributed by atoms with Gasteiger partial charge in [-0.3, -0.25) is 0 Å². The van der Waals surface area contributed by atoms with Crippen LogP contribution in [0, 0.1) is 6.92 Å². The number of rotatable bonds is 1. The van der Waals surface area contributed by atoms with Crippen molar-refractivity contribution in [1.82, 2.24) is 0 Å². The zero-order valence-electron chi connectivity index (χ0n) is 8.36. The molecule has 3 heteroatoms. The van der Waals surface area contributed by atoms with Gasteiger partial charge in [-0.1, -0.05) is 12.1 Å². The van der Waals surface area contributed by atoms with Crippen molar-refractivity contribution in [3.8, 4) is 11.5 Å². The number of hydrogen-bond donors (Lipinski definition) is 3. The molecule has 0 aliphatic rings. The average molecular weight is 204 g/mol. The van der Waals surface area contributed by atoms with Crippen LogP contribution in [0.5, 0.6) is 11.5 Å². The molecule has 0 radical (unpaired) electrons. The normalized spacial score (nSPS) is 10.8. The summed E-state index contributed by atoms with van der Waals surface area (Å²) in [6, 6.07) is 6.53. The van der Waals surface area contributed by atoms with Gasteiger partial charge in [0.15, 0.2) is 0 Å². The van der Waals surface area contributed by atoms with Gasteiger partial charge in [-0.15, -0.1) is 0 Å². The SMILES string of the molecule is Cc1c(CO)cc(O)c2c(O)cccc12. The Kier molecular flexibility index (Phi) is 2.25. The monoisotopic (exact) mass is 204 g/mol. The molecule has 3 N–H and O–H groups in total. The number of fused-ring (bicyclic) bond motifs is 1. The highest BCUT2D eigenvalue weighted by Crippen LogP contribution is 2.36. The van der Waals surface area contributed by atoms with E-state index in [2.05, 4.69) is 0 Å². The molecule has 0 fully saturated rings. The van der Waals surface area contributed by atoms with Crippen molar-refractivity contribution >= 4 is 10.8 Å². The molecule has 0 aliphatic carbocycles. The Labute approximate surface area is 87.2 Å². The number of benzene rings is 2. The van der Waals surface area contributed by atoms with Crippen LogP contribution in [-0.2, 0) is 6.61 Å². The van der Waals surface area contributed by atoms with Gasteiger partial charge >= 0.3 is 0 Å². The van der Waals surface area contributed by atoms with Gasteiger partial charge in [-0.05, 0) is 35.6 Å². The first-order valence-corrected chi connectivity index (χ1v) is 4.69. The molecule has 0 aliphatic heterocycles. The van der Waals surface area contributed by atoms with Crippen molar-refractivity contribution < 1.29 is 15.3 Å². The number of hydrogen-bond acceptors (Lipinski definition) is 3. The maximum atomic E-state index is 9.72. The molecule has 15 heavy (non-hydrogen) atoms. The molecular weight excluding hydrogens is 192 g/mol. The predicted molar refractivity (Wildman–Crippen MR) is 57.9 cm³/mol. The number of phenols is 2. The lowest BCUT2D eigenvalue weighted by atomic mass is 9.99. The van der Waals surface area contributed by atoms with E-state index in [9.17, 15) is 10.2 Å². The maximum Gasteiger partial charge on any atom is 0.127 e. The fourth-order valence-electron chi connectivity index (χ4n) is 1.80. The molecule has 78 valence electrons. The molecule has 3 nitrogen and oxygen atoms in total. The Hall–Kier alpha value is -1.74. The average Bonchev–Trinajstić information content (AvgIpc) is 2.23. The van der Waals surface area contributed by atoms with E-state index in [4.69, 9.17) is 5.11 Å². The Morgan fingerprint density at radius 1 is 1.13 bits per heavy atom. The van der Waals surface area contributed by atoms with Gasteiger partial charge in [0.1, 0.15) is 11.5 Å². The van der Waals surface area contributed by atoms with Gasteiger partial charge in [0.2, 0.25) is 0 Å². The van der Waals surface area contributed by atoms with Crippen LogP contribution in [0.25, 0.3) is 10.8 Å². The zero-order valence-corrected chi connectivity index (χ0v) is 8.36. The van der Waals surface area contributed by atoms with E-state index in [1.165, 1.54) is 12.1 Å². The van der Waals surface area contributed by atoms with Crippen molar-refractivity contribution in [3.05, 3.63) is 35.4 Å². The fraction of sp³-hybridized carbons (Fsp3) is 0.167. The van der Waals surface area contributed by atoms with Crippen molar-refractivity contribution in [3.63, 3.8) is 0 Å². The van der Waals surface area contributed by atoms with E-state index in [1.54, 1.807) is 6.07 Å². The first kappa shape index (κ1) is 9.80. The highest BCUT2D eigenvalue weighted by atomic mass is 16.3. The minimum absolute atomic E-state index is 0.00208. The Bertz CT molecular complexity index is 518. The Morgan fingerprint density at radius 3 is 2.53 bits per heavy atom. The molecular formula is C12H12O3. The van der Waals surface area contributed by atoms with Gasteiger partial charge in [0, 0.05) is 0 Å². The lowest BCUT2D eigenvalue weighted by Gasteiger charge is -2.10. The molecule has 0 spiro atoms. The van der Waals surface area contributed by atoms with Crippen LogP contribution in [0.2, 0.25) is 0 Å². The molecule has 2 aromatic rings. The summed E-state index contributed by atoms with van der Waals surface area (Å²) in [5, 5.41) is 29.6. The van der Waals surface area contributed by atoms with E-state index in [1.807, 2.05) is 13.0 Å². The lowest BCUT2D eigenvalue weighted by Crippen LogP contribution is -1.90. The van der Waals surface area contributed by atoms with Gasteiger partial charge in [-0.25, -0.2) is 0 Å². The number of aliphatic hydroxyl groups excluding tert-OH is 1. The second-order valence-corrected chi connectivity index (χ2v) is 3.54. The third-order valence-electron chi connectivity index (χ3n) is 2.67. The van der Waals surface area contributed by atoms with Crippen LogP contribution in [0.3, 0.4) is 0 Å². The van der Waals surface area contributed by atoms with Crippen molar-refractivity contribution in [1.29, 1.82) is 0 Å². The molecule has 0 bridgehead atoms. The summed E-state index contributed by atoms with van der Waals surface area (Å²) >= 11 is 0. The van der Waals surface area contributed by atoms with E-state index in [-0.39, 0.29) is 18.1 Å². The molecule has 2 aromatic carbocycles. The van der Waals surface area contributed by atoms with E-state index < -0.39 is 0 Å². The van der Waals surface area contributed by atoms with Gasteiger partial charge in [0.05, 0.1) is 12.0 Å². The summed E-state index contributed by atoms with van der Waals surface area (Å²) in [5.41, 5.74) is 1.55. The summed E-state index contributed by atoms with van der Waals surface area (Å²) in [4.78, 5) is 0. The summed E-state index contributed by atoms with van der Waals surface area (Å²) in [6.45, 7) is 1.73. The summed E-state index contributed by atoms with van der Waals surface area (Å²) < 4.78 is 0. The van der Waals surface area contributed by atoms with Gasteiger partial charge in [-0.2, -0.15) is 0 Å². The van der Waals surface area contributed by atoms with E-state index in [0.29, 0.717) is 10.9 Å². The first-order valence-electron chi connectivity index (χ1n) is 4.69. The smallest absolute Gasteiger partial charge is 0.127 e. The second kappa shape index (κ2) is 3.44. The minimum atomic E-state index is -0.120. The van der Waals surface area contributed by atoms with Crippen LogP contribution >= 0.6 is 0 Å². The van der Waals surface area contributed by atoms with Crippen LogP contribution in [0.4, 0.5) is 0 Å². The van der Waals surface area contributed by atoms with E-state index >= 15 is 0 Å². The fourth-order valence-corrected chi connectivity index (χ4v) is 1.80. The molecule has 0 saturated heterocycles. The number of phenolic OH excluding ortho intramolecular Hbond substituents is 2. The summed E-state index contributed by atoms with van der Waals surface area (Å²) in [5.74, 6) is 0.0512. The Morgan fingerprint density at radius 2 is 1.87 bits per heavy atom. The molecule has 0 atom stereocenters. The topological polar surface area (TPSA) is 60.7 Å². The lowest BCUT2D eigenvalue weighted by molar-refractivity contribution is 0.280. The van der Waals surface area contributed by atoms with Crippen LogP contribution in [0.1, 0.15) is 11.1 Å². The highest BCUT2D eigenvalue weighted by molar-refractivity contribution is 5.96. The number of aliphatic hydroxyl groups is 1. The standard InChI is InChI=1S/C12H12O3/c1-7-8(6-13)5-11(15)12-9(7)3-2-4-10(12)14/h2-5,13-15H,6H2,1H3. The first-order chi connectivity index (χ1) is 7.15. The van der Waals surface area contributed by atoms with Crippen molar-refractivity contribution in [2.24, 2.45) is 0 Å². The predicted octanol–water partition coefficient (Wildman–Crippen LogP) is 2.05. The zero-order chi connectivity index (χ0) is 11.0. The van der Waals surface area contributed by atoms with Crippen LogP contribution in [-0.4, -0.2) is 15.3 Å². The molecule has 0 saturated carbocycles. The van der Waals surface area contributed by atoms with Gasteiger partial charge in [0.25, 0.3) is 0 Å². The molecule has 0 unspecified atom stereocenters. The number of aromatic hydroxyl groups is 2. The highest BCUT2D eigenvalue weighted by Gasteiger charge is 2.10. The van der Waals surface area contributed by atoms with Crippen molar-refractivity contribution in [2.75, 3.05) is 0 Å². The molecule has 0 heterocycles. The number of aryl methyl sites for hydroxylation is 1. The third-order valence-corrected chi connectivity index (χ3v) is 2.67. The van der Waals surface area contributed by atoms with Crippen molar-refractivity contribution in [2.45, 2.75) is 13.5 Å². The van der Waals surface area contributed by atoms with Gasteiger partial charge < -0.3 is 15.3 Å². The molecule has 2 rings (SSSR count). The molecule has 0 amide bonds. The minimum Gasteiger partial charge on any atom is -0.507 e. The maximum absolute atomic E-state index is 9.72. The summed E-state index contributed by atoms with van der Waals surface area (Å²) in [6.07, 6.45) is 0. The summed E-state index contributed by atoms with van der Waals surface area (Å²) in [7, 11) is 0. The third kappa shape index (κ3) is 1.41. The largest absolute Gasteiger partial charge is 0.507 e. The quantitative estimate of drug-likeness (QED) is 0.666. The Balaban J connectivity index is 2.93. The second-order valence-electron chi connectivity index (χ2n) is 3.54. The molecule has 0 aromatic heterocycles. The van der Waals surface area contributed by atoms with E-state index in [0.717, 1.165) is 10.9 Å².